The molecule has 0 unspecified atom stereocenters. The van der Waals surface area contributed by atoms with E-state index in [1.807, 2.05) is 31.2 Å². The third-order valence-electron chi connectivity index (χ3n) is 3.28. The van der Waals surface area contributed by atoms with Gasteiger partial charge < -0.3 is 9.72 Å². The van der Waals surface area contributed by atoms with Gasteiger partial charge in [0, 0.05) is 16.6 Å². The first-order valence-electron chi connectivity index (χ1n) is 6.37. The van der Waals surface area contributed by atoms with Crippen molar-refractivity contribution in [2.45, 2.75) is 13.3 Å². The Balaban J connectivity index is 1.94. The Hall–Kier alpha value is -2.43. The highest BCUT2D eigenvalue weighted by molar-refractivity contribution is 5.88. The SMILES string of the molecule is Cc1cccc2[nH]c(-c3ccc(OC(F)(F)F)cc3)cc12. The van der Waals surface area contributed by atoms with Gasteiger partial charge in [-0.25, -0.2) is 0 Å². The van der Waals surface area contributed by atoms with Crippen LogP contribution in [-0.4, -0.2) is 11.3 Å². The predicted octanol–water partition coefficient (Wildman–Crippen LogP) is 5.04. The number of hydrogen-bond acceptors (Lipinski definition) is 1. The summed E-state index contributed by atoms with van der Waals surface area (Å²) in [6.45, 7) is 2.01. The van der Waals surface area contributed by atoms with Crippen LogP contribution in [0.4, 0.5) is 13.2 Å². The maximum atomic E-state index is 12.1. The molecule has 3 rings (SSSR count). The van der Waals surface area contributed by atoms with E-state index in [1.54, 1.807) is 12.1 Å². The second-order valence-corrected chi connectivity index (χ2v) is 4.79. The fourth-order valence-corrected chi connectivity index (χ4v) is 2.30. The first-order chi connectivity index (χ1) is 9.92. The largest absolute Gasteiger partial charge is 0.573 e. The Morgan fingerprint density at radius 2 is 1.71 bits per heavy atom. The minimum absolute atomic E-state index is 0.224. The van der Waals surface area contributed by atoms with Crippen molar-refractivity contribution < 1.29 is 17.9 Å². The van der Waals surface area contributed by atoms with E-state index in [2.05, 4.69) is 9.72 Å². The van der Waals surface area contributed by atoms with Gasteiger partial charge in [-0.2, -0.15) is 0 Å². The lowest BCUT2D eigenvalue weighted by Gasteiger charge is -2.08. The van der Waals surface area contributed by atoms with Gasteiger partial charge in [-0.1, -0.05) is 12.1 Å². The van der Waals surface area contributed by atoms with Crippen LogP contribution in [-0.2, 0) is 0 Å². The molecule has 0 aliphatic rings. The van der Waals surface area contributed by atoms with E-state index < -0.39 is 6.36 Å². The van der Waals surface area contributed by atoms with Crippen molar-refractivity contribution in [2.75, 3.05) is 0 Å². The summed E-state index contributed by atoms with van der Waals surface area (Å²) in [5.74, 6) is -0.224. The molecule has 0 amide bonds. The van der Waals surface area contributed by atoms with E-state index in [0.29, 0.717) is 0 Å². The summed E-state index contributed by atoms with van der Waals surface area (Å²) in [6, 6.07) is 13.7. The monoisotopic (exact) mass is 291 g/mol. The number of aromatic nitrogens is 1. The highest BCUT2D eigenvalue weighted by Crippen LogP contribution is 2.29. The summed E-state index contributed by atoms with van der Waals surface area (Å²) in [5.41, 5.74) is 3.81. The third kappa shape index (κ3) is 2.86. The second-order valence-electron chi connectivity index (χ2n) is 4.79. The van der Waals surface area contributed by atoms with Gasteiger partial charge in [0.2, 0.25) is 0 Å². The van der Waals surface area contributed by atoms with E-state index in [4.69, 9.17) is 0 Å². The van der Waals surface area contributed by atoms with Crippen LogP contribution in [0.2, 0.25) is 0 Å². The van der Waals surface area contributed by atoms with Crippen LogP contribution in [0.25, 0.3) is 22.2 Å². The first kappa shape index (κ1) is 13.5. The number of aromatic amines is 1. The summed E-state index contributed by atoms with van der Waals surface area (Å²) in [6.07, 6.45) is -4.67. The molecule has 0 fully saturated rings. The maximum absolute atomic E-state index is 12.1. The van der Waals surface area contributed by atoms with Crippen molar-refractivity contribution in [2.24, 2.45) is 0 Å². The number of nitrogens with one attached hydrogen (secondary N) is 1. The number of fused-ring (bicyclic) bond motifs is 1. The van der Waals surface area contributed by atoms with Crippen LogP contribution < -0.4 is 4.74 Å². The molecule has 1 N–H and O–H groups in total. The molecule has 0 radical (unpaired) electrons. The van der Waals surface area contributed by atoms with Gasteiger partial charge in [-0.3, -0.25) is 0 Å². The van der Waals surface area contributed by atoms with Crippen LogP contribution >= 0.6 is 0 Å². The van der Waals surface area contributed by atoms with E-state index in [0.717, 1.165) is 27.7 Å². The number of alkyl halides is 3. The minimum Gasteiger partial charge on any atom is -0.406 e. The Morgan fingerprint density at radius 1 is 1.00 bits per heavy atom. The number of H-pyrrole nitrogens is 1. The Kier molecular flexibility index (Phi) is 3.12. The van der Waals surface area contributed by atoms with Gasteiger partial charge in [-0.05, 0) is 54.4 Å². The van der Waals surface area contributed by atoms with Gasteiger partial charge in [-0.15, -0.1) is 13.2 Å². The van der Waals surface area contributed by atoms with Crippen molar-refractivity contribution in [1.82, 2.24) is 4.98 Å². The number of aryl methyl sites for hydroxylation is 1. The number of rotatable bonds is 2. The molecule has 0 aliphatic heterocycles. The molecule has 2 nitrogen and oxygen atoms in total. The van der Waals surface area contributed by atoms with E-state index in [-0.39, 0.29) is 5.75 Å². The average Bonchev–Trinajstić information content (AvgIpc) is 2.83. The molecular formula is C16H12F3NO. The van der Waals surface area contributed by atoms with Crippen LogP contribution in [0.15, 0.2) is 48.5 Å². The summed E-state index contributed by atoms with van der Waals surface area (Å²) in [5, 5.41) is 1.10. The molecule has 0 aliphatic carbocycles. The fourth-order valence-electron chi connectivity index (χ4n) is 2.30. The Bertz CT molecular complexity index is 772. The minimum atomic E-state index is -4.67. The molecule has 2 aromatic carbocycles. The van der Waals surface area contributed by atoms with Crippen LogP contribution in [0.3, 0.4) is 0 Å². The van der Waals surface area contributed by atoms with Crippen molar-refractivity contribution >= 4 is 10.9 Å². The van der Waals surface area contributed by atoms with Crippen molar-refractivity contribution in [3.63, 3.8) is 0 Å². The molecule has 21 heavy (non-hydrogen) atoms. The Labute approximate surface area is 119 Å². The molecule has 5 heteroatoms. The summed E-state index contributed by atoms with van der Waals surface area (Å²) in [7, 11) is 0. The van der Waals surface area contributed by atoms with Gasteiger partial charge >= 0.3 is 6.36 Å². The highest BCUT2D eigenvalue weighted by atomic mass is 19.4. The normalized spacial score (nSPS) is 11.8. The van der Waals surface area contributed by atoms with E-state index in [1.165, 1.54) is 12.1 Å². The lowest BCUT2D eigenvalue weighted by molar-refractivity contribution is -0.274. The molecule has 0 saturated carbocycles. The zero-order chi connectivity index (χ0) is 15.0. The first-order valence-corrected chi connectivity index (χ1v) is 6.37. The molecule has 0 atom stereocenters. The maximum Gasteiger partial charge on any atom is 0.573 e. The average molecular weight is 291 g/mol. The molecular weight excluding hydrogens is 279 g/mol. The molecule has 1 heterocycles. The molecule has 3 aromatic rings. The molecule has 108 valence electrons. The van der Waals surface area contributed by atoms with Crippen LogP contribution in [0.1, 0.15) is 5.56 Å². The standard InChI is InChI=1S/C16H12F3NO/c1-10-3-2-4-14-13(10)9-15(20-14)11-5-7-12(8-6-11)21-16(17,18)19/h2-9,20H,1H3. The van der Waals surface area contributed by atoms with Crippen molar-refractivity contribution in [3.05, 3.63) is 54.1 Å². The summed E-state index contributed by atoms with van der Waals surface area (Å²) < 4.78 is 40.2. The molecule has 0 spiro atoms. The number of ether oxygens (including phenoxy) is 1. The number of halogens is 3. The van der Waals surface area contributed by atoms with Gasteiger partial charge in [0.1, 0.15) is 5.75 Å². The molecule has 0 saturated heterocycles. The smallest absolute Gasteiger partial charge is 0.406 e. The lowest BCUT2D eigenvalue weighted by Crippen LogP contribution is -2.16. The fraction of sp³-hybridized carbons (Fsp3) is 0.125. The summed E-state index contributed by atoms with van der Waals surface area (Å²) >= 11 is 0. The highest BCUT2D eigenvalue weighted by Gasteiger charge is 2.30. The number of benzene rings is 2. The van der Waals surface area contributed by atoms with Gasteiger partial charge in [0.25, 0.3) is 0 Å². The van der Waals surface area contributed by atoms with E-state index in [9.17, 15) is 13.2 Å². The quantitative estimate of drug-likeness (QED) is 0.702. The number of hydrogen-bond donors (Lipinski definition) is 1. The molecule has 1 aromatic heterocycles. The Morgan fingerprint density at radius 3 is 2.33 bits per heavy atom. The molecule has 0 bridgehead atoms. The van der Waals surface area contributed by atoms with Gasteiger partial charge in [0.05, 0.1) is 0 Å². The predicted molar refractivity (Wildman–Crippen MR) is 75.2 cm³/mol. The van der Waals surface area contributed by atoms with Crippen LogP contribution in [0.5, 0.6) is 5.75 Å². The lowest BCUT2D eigenvalue weighted by atomic mass is 10.1. The second kappa shape index (κ2) is 4.84. The topological polar surface area (TPSA) is 25.0 Å². The van der Waals surface area contributed by atoms with Gasteiger partial charge in [0.15, 0.2) is 0 Å². The summed E-state index contributed by atoms with van der Waals surface area (Å²) in [4.78, 5) is 3.26. The van der Waals surface area contributed by atoms with Crippen molar-refractivity contribution in [1.29, 1.82) is 0 Å². The van der Waals surface area contributed by atoms with Crippen molar-refractivity contribution in [3.8, 4) is 17.0 Å². The van der Waals surface area contributed by atoms with E-state index >= 15 is 0 Å². The third-order valence-corrected chi connectivity index (χ3v) is 3.28. The zero-order valence-electron chi connectivity index (χ0n) is 11.2. The van der Waals surface area contributed by atoms with Crippen LogP contribution in [0, 0.1) is 6.92 Å². The zero-order valence-corrected chi connectivity index (χ0v) is 11.2.